The molecule has 0 saturated carbocycles. The van der Waals surface area contributed by atoms with E-state index in [9.17, 15) is 4.79 Å². The van der Waals surface area contributed by atoms with Gasteiger partial charge in [0, 0.05) is 42.6 Å². The topological polar surface area (TPSA) is 70.4 Å². The van der Waals surface area contributed by atoms with Crippen LogP contribution in [0, 0.1) is 6.92 Å². The fraction of sp³-hybridized carbons (Fsp3) is 0.250. The van der Waals surface area contributed by atoms with E-state index in [1.807, 2.05) is 75.3 Å². The highest BCUT2D eigenvalue weighted by Crippen LogP contribution is 2.27. The number of oxazole rings is 1. The summed E-state index contributed by atoms with van der Waals surface area (Å²) in [6, 6.07) is 13.6. The maximum Gasteiger partial charge on any atom is 0.299 e. The fourth-order valence-corrected chi connectivity index (χ4v) is 3.02. The van der Waals surface area contributed by atoms with E-state index in [1.54, 1.807) is 12.3 Å². The van der Waals surface area contributed by atoms with Crippen LogP contribution in [-0.2, 0) is 0 Å². The Morgan fingerprint density at radius 2 is 2.00 bits per heavy atom. The van der Waals surface area contributed by atoms with E-state index < -0.39 is 0 Å². The highest BCUT2D eigenvalue weighted by atomic mass is 16.4. The largest absolute Gasteiger partial charge is 0.428 e. The molecule has 1 heterocycles. The summed E-state index contributed by atoms with van der Waals surface area (Å²) in [4.78, 5) is 19.0. The zero-order valence-electron chi connectivity index (χ0n) is 18.1. The summed E-state index contributed by atoms with van der Waals surface area (Å²) >= 11 is 0. The molecule has 0 bridgehead atoms. The molecule has 6 heteroatoms. The van der Waals surface area contributed by atoms with Gasteiger partial charge in [-0.15, -0.1) is 0 Å². The molecule has 0 radical (unpaired) electrons. The Morgan fingerprint density at radius 1 is 1.20 bits per heavy atom. The number of nitrogens with zero attached hydrogens (tertiary/aromatic N) is 2. The summed E-state index contributed by atoms with van der Waals surface area (Å²) < 4.78 is 5.82. The fourth-order valence-electron chi connectivity index (χ4n) is 3.02. The van der Waals surface area contributed by atoms with Crippen molar-refractivity contribution in [3.05, 3.63) is 77.7 Å². The number of amides is 1. The Balaban J connectivity index is 1.75. The number of carbonyl (C=O) groups excluding carboxylic acids is 1. The number of hydrogen-bond acceptors (Lipinski definition) is 5. The third-order valence-corrected chi connectivity index (χ3v) is 4.82. The Hall–Kier alpha value is -3.54. The summed E-state index contributed by atoms with van der Waals surface area (Å²) in [5.41, 5.74) is 4.11. The lowest BCUT2D eigenvalue weighted by molar-refractivity contribution is 0.102. The second-order valence-electron chi connectivity index (χ2n) is 7.44. The van der Waals surface area contributed by atoms with Gasteiger partial charge in [0.15, 0.2) is 0 Å². The van der Waals surface area contributed by atoms with Gasteiger partial charge < -0.3 is 20.0 Å². The van der Waals surface area contributed by atoms with Gasteiger partial charge in [0.1, 0.15) is 5.76 Å². The van der Waals surface area contributed by atoms with Gasteiger partial charge in [-0.1, -0.05) is 31.2 Å². The molecule has 2 N–H and O–H groups in total. The molecule has 156 valence electrons. The van der Waals surface area contributed by atoms with Crippen LogP contribution in [0.5, 0.6) is 0 Å². The van der Waals surface area contributed by atoms with Gasteiger partial charge in [-0.25, -0.2) is 4.98 Å². The summed E-state index contributed by atoms with van der Waals surface area (Å²) in [7, 11) is 3.89. The molecule has 1 amide bonds. The van der Waals surface area contributed by atoms with Crippen molar-refractivity contribution in [3.8, 4) is 0 Å². The molecule has 6 nitrogen and oxygen atoms in total. The molecule has 2 aromatic carbocycles. The molecular formula is C24H28N4O2. The van der Waals surface area contributed by atoms with E-state index in [2.05, 4.69) is 28.6 Å². The number of benzene rings is 2. The van der Waals surface area contributed by atoms with Crippen LogP contribution >= 0.6 is 0 Å². The Labute approximate surface area is 177 Å². The summed E-state index contributed by atoms with van der Waals surface area (Å²) in [5, 5.41) is 6.17. The number of nitrogens with one attached hydrogen (secondary N) is 2. The molecule has 1 atom stereocenters. The van der Waals surface area contributed by atoms with Crippen LogP contribution in [0.15, 0.2) is 65.2 Å². The summed E-state index contributed by atoms with van der Waals surface area (Å²) in [6.07, 6.45) is 5.77. The first kappa shape index (κ1) is 21.2. The lowest BCUT2D eigenvalue weighted by Gasteiger charge is -2.14. The van der Waals surface area contributed by atoms with E-state index in [0.29, 0.717) is 17.3 Å². The average molecular weight is 405 g/mol. The van der Waals surface area contributed by atoms with Crippen molar-refractivity contribution in [1.29, 1.82) is 0 Å². The third-order valence-electron chi connectivity index (χ3n) is 4.82. The van der Waals surface area contributed by atoms with Crippen molar-refractivity contribution in [1.82, 2.24) is 4.98 Å². The van der Waals surface area contributed by atoms with Crippen molar-refractivity contribution in [3.63, 3.8) is 0 Å². The molecule has 0 aliphatic heterocycles. The first-order chi connectivity index (χ1) is 14.4. The average Bonchev–Trinajstić information content (AvgIpc) is 3.19. The second-order valence-corrected chi connectivity index (χ2v) is 7.44. The molecule has 0 fully saturated rings. The minimum atomic E-state index is -0.160. The first-order valence-electron chi connectivity index (χ1n) is 9.92. The summed E-state index contributed by atoms with van der Waals surface area (Å²) in [5.74, 6) is 0.785. The van der Waals surface area contributed by atoms with E-state index in [4.69, 9.17) is 4.42 Å². The predicted octanol–water partition coefficient (Wildman–Crippen LogP) is 5.72. The van der Waals surface area contributed by atoms with E-state index in [0.717, 1.165) is 22.7 Å². The number of anilines is 4. The van der Waals surface area contributed by atoms with Gasteiger partial charge >= 0.3 is 0 Å². The molecule has 1 unspecified atom stereocenters. The maximum atomic E-state index is 12.7. The second kappa shape index (κ2) is 9.31. The maximum absolute atomic E-state index is 12.7. The monoisotopic (exact) mass is 404 g/mol. The molecule has 0 aliphatic rings. The normalized spacial score (nSPS) is 12.0. The van der Waals surface area contributed by atoms with Gasteiger partial charge in [0.05, 0.1) is 6.20 Å². The number of hydrogen-bond donors (Lipinski definition) is 2. The van der Waals surface area contributed by atoms with Crippen LogP contribution in [0.1, 0.15) is 41.4 Å². The number of rotatable bonds is 7. The Morgan fingerprint density at radius 3 is 2.73 bits per heavy atom. The number of carbonyl (C=O) groups is 1. The summed E-state index contributed by atoms with van der Waals surface area (Å²) in [6.45, 7) is 6.02. The van der Waals surface area contributed by atoms with Gasteiger partial charge in [-0.3, -0.25) is 4.79 Å². The smallest absolute Gasteiger partial charge is 0.299 e. The molecule has 1 aromatic heterocycles. The number of aromatic nitrogens is 1. The van der Waals surface area contributed by atoms with Crippen LogP contribution in [0.25, 0.3) is 0 Å². The standard InChI is InChI=1S/C24H28N4O2/c1-6-8-17(3)22-15-25-24(30-22)27-21-14-19(12-11-16(21)2)26-23(29)18-9-7-10-20(13-18)28(4)5/h6-15,17H,1-5H3,(H,25,27)(H,26,29)/b8-6-. The Kier molecular flexibility index (Phi) is 6.57. The predicted molar refractivity (Wildman–Crippen MR) is 123 cm³/mol. The van der Waals surface area contributed by atoms with Crippen LogP contribution in [0.4, 0.5) is 23.1 Å². The van der Waals surface area contributed by atoms with E-state index in [1.165, 1.54) is 0 Å². The highest BCUT2D eigenvalue weighted by Gasteiger charge is 2.12. The molecule has 0 saturated heterocycles. The van der Waals surface area contributed by atoms with Gasteiger partial charge in [-0.05, 0) is 49.7 Å². The zero-order valence-corrected chi connectivity index (χ0v) is 18.1. The van der Waals surface area contributed by atoms with Crippen molar-refractivity contribution in [2.45, 2.75) is 26.7 Å². The molecule has 0 aliphatic carbocycles. The minimum absolute atomic E-state index is 0.155. The Bertz CT molecular complexity index is 1050. The van der Waals surface area contributed by atoms with Crippen molar-refractivity contribution in [2.75, 3.05) is 29.6 Å². The lowest BCUT2D eigenvalue weighted by atomic mass is 10.1. The van der Waals surface area contributed by atoms with E-state index in [-0.39, 0.29) is 11.8 Å². The number of aryl methyl sites for hydroxylation is 1. The van der Waals surface area contributed by atoms with Crippen LogP contribution in [0.2, 0.25) is 0 Å². The lowest BCUT2D eigenvalue weighted by Crippen LogP contribution is -2.14. The van der Waals surface area contributed by atoms with Crippen molar-refractivity contribution in [2.24, 2.45) is 0 Å². The first-order valence-corrected chi connectivity index (χ1v) is 9.92. The molecular weight excluding hydrogens is 376 g/mol. The van der Waals surface area contributed by atoms with Crippen molar-refractivity contribution >= 4 is 29.0 Å². The number of allylic oxidation sites excluding steroid dienone is 2. The zero-order chi connectivity index (χ0) is 21.7. The van der Waals surface area contributed by atoms with E-state index >= 15 is 0 Å². The van der Waals surface area contributed by atoms with Crippen LogP contribution in [-0.4, -0.2) is 25.0 Å². The third kappa shape index (κ3) is 5.08. The van der Waals surface area contributed by atoms with Crippen molar-refractivity contribution < 1.29 is 9.21 Å². The highest BCUT2D eigenvalue weighted by molar-refractivity contribution is 6.05. The SMILES string of the molecule is C/C=C\C(C)c1cnc(Nc2cc(NC(=O)c3cccc(N(C)C)c3)ccc2C)o1. The minimum Gasteiger partial charge on any atom is -0.428 e. The van der Waals surface area contributed by atoms with Gasteiger partial charge in [-0.2, -0.15) is 0 Å². The van der Waals surface area contributed by atoms with Crippen LogP contribution < -0.4 is 15.5 Å². The quantitative estimate of drug-likeness (QED) is 0.493. The van der Waals surface area contributed by atoms with Crippen LogP contribution in [0.3, 0.4) is 0 Å². The van der Waals surface area contributed by atoms with Gasteiger partial charge in [0.25, 0.3) is 11.9 Å². The molecule has 3 aromatic rings. The molecule has 0 spiro atoms. The molecule has 3 rings (SSSR count). The van der Waals surface area contributed by atoms with Gasteiger partial charge in [0.2, 0.25) is 0 Å². The molecule has 30 heavy (non-hydrogen) atoms.